The third-order valence-electron chi connectivity index (χ3n) is 2.82. The SMILES string of the molecule is CNC(C)c1cccc(NC(=O)c2ccn[nH]2)c1. The molecule has 0 radical (unpaired) electrons. The summed E-state index contributed by atoms with van der Waals surface area (Å²) < 4.78 is 0. The Morgan fingerprint density at radius 3 is 2.89 bits per heavy atom. The first-order valence-electron chi connectivity index (χ1n) is 5.78. The number of aromatic amines is 1. The summed E-state index contributed by atoms with van der Waals surface area (Å²) in [6.45, 7) is 2.07. The summed E-state index contributed by atoms with van der Waals surface area (Å²) in [5, 5.41) is 12.4. The second-order valence-electron chi connectivity index (χ2n) is 4.06. The first kappa shape index (κ1) is 12.3. The summed E-state index contributed by atoms with van der Waals surface area (Å²) in [6, 6.07) is 9.64. The van der Waals surface area contributed by atoms with Crippen LogP contribution in [0.4, 0.5) is 5.69 Å². The zero-order valence-electron chi connectivity index (χ0n) is 10.4. The molecular weight excluding hydrogens is 228 g/mol. The van der Waals surface area contributed by atoms with Crippen LogP contribution in [0.15, 0.2) is 36.5 Å². The van der Waals surface area contributed by atoms with Crippen LogP contribution in [0.1, 0.15) is 29.0 Å². The summed E-state index contributed by atoms with van der Waals surface area (Å²) in [6.07, 6.45) is 1.55. The van der Waals surface area contributed by atoms with Crippen molar-refractivity contribution in [3.05, 3.63) is 47.8 Å². The van der Waals surface area contributed by atoms with Crippen molar-refractivity contribution in [1.82, 2.24) is 15.5 Å². The number of anilines is 1. The van der Waals surface area contributed by atoms with Gasteiger partial charge < -0.3 is 10.6 Å². The molecule has 5 heteroatoms. The van der Waals surface area contributed by atoms with E-state index in [1.807, 2.05) is 31.3 Å². The van der Waals surface area contributed by atoms with Crippen LogP contribution in [0.2, 0.25) is 0 Å². The minimum atomic E-state index is -0.193. The summed E-state index contributed by atoms with van der Waals surface area (Å²) >= 11 is 0. The summed E-state index contributed by atoms with van der Waals surface area (Å²) in [4.78, 5) is 11.8. The second kappa shape index (κ2) is 5.46. The summed E-state index contributed by atoms with van der Waals surface area (Å²) in [5.41, 5.74) is 2.34. The fraction of sp³-hybridized carbons (Fsp3) is 0.231. The van der Waals surface area contributed by atoms with Gasteiger partial charge in [-0.05, 0) is 37.7 Å². The number of H-pyrrole nitrogens is 1. The van der Waals surface area contributed by atoms with E-state index in [-0.39, 0.29) is 11.9 Å². The monoisotopic (exact) mass is 244 g/mol. The summed E-state index contributed by atoms with van der Waals surface area (Å²) in [5.74, 6) is -0.193. The van der Waals surface area contributed by atoms with E-state index in [1.165, 1.54) is 0 Å². The number of aromatic nitrogens is 2. The number of hydrogen-bond donors (Lipinski definition) is 3. The molecule has 0 spiro atoms. The molecule has 0 saturated heterocycles. The molecule has 1 amide bonds. The molecule has 1 heterocycles. The predicted molar refractivity (Wildman–Crippen MR) is 70.5 cm³/mol. The van der Waals surface area contributed by atoms with E-state index < -0.39 is 0 Å². The van der Waals surface area contributed by atoms with Gasteiger partial charge in [-0.25, -0.2) is 0 Å². The lowest BCUT2D eigenvalue weighted by Crippen LogP contribution is -2.14. The molecule has 0 aliphatic rings. The molecule has 1 atom stereocenters. The molecule has 0 aliphatic heterocycles. The third kappa shape index (κ3) is 2.75. The van der Waals surface area contributed by atoms with Crippen LogP contribution < -0.4 is 10.6 Å². The highest BCUT2D eigenvalue weighted by Crippen LogP contribution is 2.17. The van der Waals surface area contributed by atoms with Gasteiger partial charge in [-0.1, -0.05) is 12.1 Å². The van der Waals surface area contributed by atoms with Gasteiger partial charge in [-0.3, -0.25) is 9.89 Å². The average Bonchev–Trinajstić information content (AvgIpc) is 2.92. The lowest BCUT2D eigenvalue weighted by molar-refractivity contribution is 0.102. The molecule has 18 heavy (non-hydrogen) atoms. The first-order chi connectivity index (χ1) is 8.70. The maximum atomic E-state index is 11.8. The van der Waals surface area contributed by atoms with Crippen LogP contribution in [-0.2, 0) is 0 Å². The molecule has 0 saturated carbocycles. The fourth-order valence-corrected chi connectivity index (χ4v) is 1.63. The van der Waals surface area contributed by atoms with Crippen molar-refractivity contribution in [2.24, 2.45) is 0 Å². The lowest BCUT2D eigenvalue weighted by atomic mass is 10.1. The van der Waals surface area contributed by atoms with E-state index in [2.05, 4.69) is 27.8 Å². The molecular formula is C13H16N4O. The Bertz CT molecular complexity index is 522. The minimum absolute atomic E-state index is 0.193. The van der Waals surface area contributed by atoms with E-state index in [4.69, 9.17) is 0 Å². The molecule has 2 aromatic rings. The van der Waals surface area contributed by atoms with Crippen LogP contribution >= 0.6 is 0 Å². The predicted octanol–water partition coefficient (Wildman–Crippen LogP) is 1.94. The minimum Gasteiger partial charge on any atom is -0.321 e. The van der Waals surface area contributed by atoms with E-state index in [0.29, 0.717) is 5.69 Å². The molecule has 1 aromatic heterocycles. The highest BCUT2D eigenvalue weighted by Gasteiger charge is 2.08. The van der Waals surface area contributed by atoms with Crippen molar-refractivity contribution in [3.63, 3.8) is 0 Å². The zero-order chi connectivity index (χ0) is 13.0. The number of hydrogen-bond acceptors (Lipinski definition) is 3. The van der Waals surface area contributed by atoms with E-state index in [0.717, 1.165) is 11.3 Å². The lowest BCUT2D eigenvalue weighted by Gasteiger charge is -2.12. The topological polar surface area (TPSA) is 69.8 Å². The molecule has 3 N–H and O–H groups in total. The Morgan fingerprint density at radius 2 is 2.22 bits per heavy atom. The van der Waals surface area contributed by atoms with Crippen molar-refractivity contribution in [2.45, 2.75) is 13.0 Å². The third-order valence-corrected chi connectivity index (χ3v) is 2.82. The Balaban J connectivity index is 2.12. The maximum Gasteiger partial charge on any atom is 0.273 e. The largest absolute Gasteiger partial charge is 0.321 e. The molecule has 1 unspecified atom stereocenters. The number of carbonyl (C=O) groups is 1. The Morgan fingerprint density at radius 1 is 1.39 bits per heavy atom. The van der Waals surface area contributed by atoms with Gasteiger partial charge in [0.15, 0.2) is 0 Å². The van der Waals surface area contributed by atoms with E-state index in [1.54, 1.807) is 12.3 Å². The Kier molecular flexibility index (Phi) is 3.74. The first-order valence-corrected chi connectivity index (χ1v) is 5.78. The quantitative estimate of drug-likeness (QED) is 0.769. The van der Waals surface area contributed by atoms with Crippen LogP contribution in [0.3, 0.4) is 0 Å². The Hall–Kier alpha value is -2.14. The van der Waals surface area contributed by atoms with Crippen LogP contribution in [0.25, 0.3) is 0 Å². The van der Waals surface area contributed by atoms with Crippen LogP contribution in [0, 0.1) is 0 Å². The zero-order valence-corrected chi connectivity index (χ0v) is 10.4. The molecule has 2 rings (SSSR count). The molecule has 5 nitrogen and oxygen atoms in total. The highest BCUT2D eigenvalue weighted by molar-refractivity contribution is 6.02. The van der Waals surface area contributed by atoms with Crippen molar-refractivity contribution in [2.75, 3.05) is 12.4 Å². The molecule has 94 valence electrons. The van der Waals surface area contributed by atoms with Crippen LogP contribution in [-0.4, -0.2) is 23.2 Å². The smallest absolute Gasteiger partial charge is 0.273 e. The van der Waals surface area contributed by atoms with Gasteiger partial charge in [0.25, 0.3) is 5.91 Å². The number of benzene rings is 1. The van der Waals surface area contributed by atoms with Gasteiger partial charge in [0, 0.05) is 17.9 Å². The van der Waals surface area contributed by atoms with Crippen molar-refractivity contribution in [3.8, 4) is 0 Å². The van der Waals surface area contributed by atoms with Crippen molar-refractivity contribution >= 4 is 11.6 Å². The number of rotatable bonds is 4. The van der Waals surface area contributed by atoms with Crippen molar-refractivity contribution < 1.29 is 4.79 Å². The fourth-order valence-electron chi connectivity index (χ4n) is 1.63. The van der Waals surface area contributed by atoms with Gasteiger partial charge in [-0.15, -0.1) is 0 Å². The van der Waals surface area contributed by atoms with Gasteiger partial charge in [0.2, 0.25) is 0 Å². The van der Waals surface area contributed by atoms with Gasteiger partial charge in [-0.2, -0.15) is 5.10 Å². The van der Waals surface area contributed by atoms with E-state index >= 15 is 0 Å². The van der Waals surface area contributed by atoms with Crippen molar-refractivity contribution in [1.29, 1.82) is 0 Å². The van der Waals surface area contributed by atoms with E-state index in [9.17, 15) is 4.79 Å². The van der Waals surface area contributed by atoms with Gasteiger partial charge in [0.05, 0.1) is 0 Å². The second-order valence-corrected chi connectivity index (χ2v) is 4.06. The number of nitrogens with zero attached hydrogens (tertiary/aromatic N) is 1. The maximum absolute atomic E-state index is 11.8. The number of nitrogens with one attached hydrogen (secondary N) is 3. The van der Waals surface area contributed by atoms with Gasteiger partial charge in [0.1, 0.15) is 5.69 Å². The standard InChI is InChI=1S/C13H16N4O/c1-9(14-2)10-4-3-5-11(8-10)16-13(18)12-6-7-15-17-12/h3-9,14H,1-2H3,(H,15,17)(H,16,18). The average molecular weight is 244 g/mol. The number of amides is 1. The molecule has 1 aromatic carbocycles. The Labute approximate surface area is 106 Å². The number of carbonyl (C=O) groups excluding carboxylic acids is 1. The highest BCUT2D eigenvalue weighted by atomic mass is 16.1. The van der Waals surface area contributed by atoms with Crippen LogP contribution in [0.5, 0.6) is 0 Å². The molecule has 0 aliphatic carbocycles. The summed E-state index contributed by atoms with van der Waals surface area (Å²) in [7, 11) is 1.90. The van der Waals surface area contributed by atoms with Gasteiger partial charge >= 0.3 is 0 Å². The molecule has 0 fully saturated rings. The molecule has 0 bridgehead atoms. The normalized spacial score (nSPS) is 12.1.